The minimum atomic E-state index is -0.468. The van der Waals surface area contributed by atoms with Gasteiger partial charge in [-0.2, -0.15) is 0 Å². The van der Waals surface area contributed by atoms with E-state index >= 15 is 0 Å². The van der Waals surface area contributed by atoms with Gasteiger partial charge in [0.25, 0.3) is 5.91 Å². The van der Waals surface area contributed by atoms with Gasteiger partial charge in [-0.15, -0.1) is 0 Å². The molecule has 1 aromatic carbocycles. The zero-order valence-corrected chi connectivity index (χ0v) is 14.5. The smallest absolute Gasteiger partial charge is 0.267 e. The molecule has 5 heteroatoms. The lowest BCUT2D eigenvalue weighted by atomic mass is 10.1. The van der Waals surface area contributed by atoms with Crippen molar-refractivity contribution in [2.75, 3.05) is 25.0 Å². The Balaban J connectivity index is 2.16. The maximum Gasteiger partial charge on any atom is 0.267 e. The molecule has 126 valence electrons. The van der Waals surface area contributed by atoms with Gasteiger partial charge in [-0.05, 0) is 37.5 Å². The van der Waals surface area contributed by atoms with Gasteiger partial charge in [0.15, 0.2) is 6.10 Å². The van der Waals surface area contributed by atoms with Gasteiger partial charge in [0.2, 0.25) is 5.91 Å². The second-order valence-electron chi connectivity index (χ2n) is 6.02. The molecule has 0 spiro atoms. The minimum absolute atomic E-state index is 0.0698. The van der Waals surface area contributed by atoms with Gasteiger partial charge >= 0.3 is 0 Å². The van der Waals surface area contributed by atoms with Gasteiger partial charge in [0, 0.05) is 20.1 Å². The number of anilines is 1. The van der Waals surface area contributed by atoms with Crippen LogP contribution in [-0.4, -0.2) is 43.0 Å². The van der Waals surface area contributed by atoms with Crippen LogP contribution in [0.2, 0.25) is 0 Å². The highest BCUT2D eigenvalue weighted by atomic mass is 16.5. The summed E-state index contributed by atoms with van der Waals surface area (Å²) in [5.41, 5.74) is 1.64. The number of benzene rings is 1. The van der Waals surface area contributed by atoms with Crippen LogP contribution >= 0.6 is 0 Å². The maximum atomic E-state index is 12.5. The quantitative estimate of drug-likeness (QED) is 0.810. The predicted molar refractivity (Wildman–Crippen MR) is 90.8 cm³/mol. The van der Waals surface area contributed by atoms with Gasteiger partial charge in [-0.3, -0.25) is 9.59 Å². The third-order valence-corrected chi connectivity index (χ3v) is 4.06. The summed E-state index contributed by atoms with van der Waals surface area (Å²) in [5, 5.41) is 0. The zero-order chi connectivity index (χ0) is 17.0. The molecule has 0 aliphatic carbocycles. The lowest BCUT2D eigenvalue weighted by molar-refractivity contribution is -0.130. The second-order valence-corrected chi connectivity index (χ2v) is 6.02. The molecule has 1 aliphatic rings. The molecule has 1 aliphatic heterocycles. The number of fused-ring (bicyclic) bond motifs is 1. The summed E-state index contributed by atoms with van der Waals surface area (Å²) in [7, 11) is 1.74. The van der Waals surface area contributed by atoms with E-state index in [2.05, 4.69) is 13.8 Å². The number of likely N-dealkylation sites (N-methyl/N-ethyl adjacent to an activating group) is 1. The molecule has 1 aromatic rings. The highest BCUT2D eigenvalue weighted by molar-refractivity contribution is 5.99. The molecule has 0 radical (unpaired) electrons. The van der Waals surface area contributed by atoms with E-state index in [-0.39, 0.29) is 11.8 Å². The van der Waals surface area contributed by atoms with E-state index in [4.69, 9.17) is 4.74 Å². The number of hydrogen-bond acceptors (Lipinski definition) is 3. The third-order valence-electron chi connectivity index (χ3n) is 4.06. The molecule has 1 heterocycles. The van der Waals surface area contributed by atoms with Crippen LogP contribution in [0.1, 0.15) is 39.2 Å². The van der Waals surface area contributed by atoms with Crippen molar-refractivity contribution in [3.63, 3.8) is 0 Å². The molecule has 2 amide bonds. The number of ether oxygens (including phenoxy) is 1. The SMILES string of the molecule is CCCN(CCC)C(=O)Cc1ccc2c(c1)N(C)C(=O)C(C)O2. The predicted octanol–water partition coefficient (Wildman–Crippen LogP) is 2.62. The monoisotopic (exact) mass is 318 g/mol. The summed E-state index contributed by atoms with van der Waals surface area (Å²) < 4.78 is 5.61. The normalized spacial score (nSPS) is 16.8. The average Bonchev–Trinajstić information content (AvgIpc) is 2.53. The van der Waals surface area contributed by atoms with E-state index in [9.17, 15) is 9.59 Å². The van der Waals surface area contributed by atoms with Crippen LogP contribution in [-0.2, 0) is 16.0 Å². The molecule has 1 unspecified atom stereocenters. The van der Waals surface area contributed by atoms with Crippen molar-refractivity contribution in [2.24, 2.45) is 0 Å². The molecule has 0 N–H and O–H groups in total. The Bertz CT molecular complexity index is 580. The van der Waals surface area contributed by atoms with Gasteiger partial charge in [0.05, 0.1) is 12.1 Å². The Morgan fingerprint density at radius 1 is 1.26 bits per heavy atom. The third kappa shape index (κ3) is 3.84. The van der Waals surface area contributed by atoms with Crippen molar-refractivity contribution < 1.29 is 14.3 Å². The fourth-order valence-electron chi connectivity index (χ4n) is 2.85. The van der Waals surface area contributed by atoms with Crippen LogP contribution < -0.4 is 9.64 Å². The Kier molecular flexibility index (Phi) is 5.64. The summed E-state index contributed by atoms with van der Waals surface area (Å²) in [6.45, 7) is 7.47. The summed E-state index contributed by atoms with van der Waals surface area (Å²) in [5.74, 6) is 0.752. The van der Waals surface area contributed by atoms with Crippen molar-refractivity contribution in [3.8, 4) is 5.75 Å². The molecule has 0 bridgehead atoms. The Morgan fingerprint density at radius 2 is 1.91 bits per heavy atom. The number of carbonyl (C=O) groups excluding carboxylic acids is 2. The summed E-state index contributed by atoms with van der Waals surface area (Å²) in [6, 6.07) is 5.64. The number of hydrogen-bond donors (Lipinski definition) is 0. The topological polar surface area (TPSA) is 49.9 Å². The van der Waals surface area contributed by atoms with Crippen LogP contribution in [0.5, 0.6) is 5.75 Å². The van der Waals surface area contributed by atoms with Gasteiger partial charge in [-0.25, -0.2) is 0 Å². The van der Waals surface area contributed by atoms with Crippen molar-refractivity contribution in [3.05, 3.63) is 23.8 Å². The zero-order valence-electron chi connectivity index (χ0n) is 14.5. The molecule has 1 atom stereocenters. The second kappa shape index (κ2) is 7.49. The Labute approximate surface area is 138 Å². The maximum absolute atomic E-state index is 12.5. The van der Waals surface area contributed by atoms with E-state index in [0.717, 1.165) is 37.2 Å². The molecular weight excluding hydrogens is 292 g/mol. The summed E-state index contributed by atoms with van der Waals surface area (Å²) in [6.07, 6.45) is 1.80. The van der Waals surface area contributed by atoms with Crippen LogP contribution in [0.25, 0.3) is 0 Å². The first-order valence-corrected chi connectivity index (χ1v) is 8.32. The molecule has 0 saturated heterocycles. The molecule has 0 aromatic heterocycles. The molecular formula is C18H26N2O3. The number of carbonyl (C=O) groups is 2. The van der Waals surface area contributed by atoms with E-state index in [0.29, 0.717) is 12.2 Å². The highest BCUT2D eigenvalue weighted by Crippen LogP contribution is 2.34. The van der Waals surface area contributed by atoms with Crippen molar-refractivity contribution in [1.29, 1.82) is 0 Å². The van der Waals surface area contributed by atoms with Crippen molar-refractivity contribution in [1.82, 2.24) is 4.90 Å². The van der Waals surface area contributed by atoms with E-state index in [1.54, 1.807) is 18.9 Å². The number of rotatable bonds is 6. The largest absolute Gasteiger partial charge is 0.479 e. The Morgan fingerprint density at radius 3 is 2.52 bits per heavy atom. The Hall–Kier alpha value is -2.04. The van der Waals surface area contributed by atoms with Gasteiger partial charge in [0.1, 0.15) is 5.75 Å². The van der Waals surface area contributed by atoms with Crippen molar-refractivity contribution in [2.45, 2.75) is 46.1 Å². The minimum Gasteiger partial charge on any atom is -0.479 e. The standard InChI is InChI=1S/C18H26N2O3/c1-5-9-20(10-6-2)17(21)12-14-7-8-16-15(11-14)19(4)18(22)13(3)23-16/h7-8,11,13H,5-6,9-10,12H2,1-4H3. The lowest BCUT2D eigenvalue weighted by Gasteiger charge is -2.30. The fourth-order valence-corrected chi connectivity index (χ4v) is 2.85. The molecule has 23 heavy (non-hydrogen) atoms. The van der Waals surface area contributed by atoms with E-state index < -0.39 is 6.10 Å². The van der Waals surface area contributed by atoms with Crippen LogP contribution in [0.15, 0.2) is 18.2 Å². The van der Waals surface area contributed by atoms with Gasteiger partial charge < -0.3 is 14.5 Å². The van der Waals surface area contributed by atoms with E-state index in [1.165, 1.54) is 0 Å². The first-order chi connectivity index (χ1) is 11.0. The lowest BCUT2D eigenvalue weighted by Crippen LogP contribution is -2.42. The molecule has 5 nitrogen and oxygen atoms in total. The molecule has 0 fully saturated rings. The average molecular weight is 318 g/mol. The van der Waals surface area contributed by atoms with Crippen LogP contribution in [0.3, 0.4) is 0 Å². The molecule has 2 rings (SSSR count). The first-order valence-electron chi connectivity index (χ1n) is 8.32. The summed E-state index contributed by atoms with van der Waals surface area (Å²) in [4.78, 5) is 28.0. The summed E-state index contributed by atoms with van der Waals surface area (Å²) >= 11 is 0. The highest BCUT2D eigenvalue weighted by Gasteiger charge is 2.29. The van der Waals surface area contributed by atoms with Gasteiger partial charge in [-0.1, -0.05) is 19.9 Å². The number of nitrogens with zero attached hydrogens (tertiary/aromatic N) is 2. The fraction of sp³-hybridized carbons (Fsp3) is 0.556. The number of amides is 2. The van der Waals surface area contributed by atoms with E-state index in [1.807, 2.05) is 23.1 Å². The van der Waals surface area contributed by atoms with Crippen LogP contribution in [0.4, 0.5) is 5.69 Å². The molecule has 0 saturated carbocycles. The first kappa shape index (κ1) is 17.3. The van der Waals surface area contributed by atoms with Crippen LogP contribution in [0, 0.1) is 0 Å². The van der Waals surface area contributed by atoms with Crippen molar-refractivity contribution >= 4 is 17.5 Å².